The van der Waals surface area contributed by atoms with Crippen LogP contribution in [0.15, 0.2) is 36.4 Å². The van der Waals surface area contributed by atoms with Crippen LogP contribution >= 0.6 is 0 Å². The van der Waals surface area contributed by atoms with E-state index in [1.54, 1.807) is 0 Å². The molecule has 16 heteroatoms. The number of hydrogen-bond acceptors (Lipinski definition) is 7. The van der Waals surface area contributed by atoms with Gasteiger partial charge in [0.2, 0.25) is 0 Å². The molecule has 0 spiro atoms. The fourth-order valence-electron chi connectivity index (χ4n) is 2.65. The van der Waals surface area contributed by atoms with Gasteiger partial charge in [-0.15, -0.1) is 0 Å². The van der Waals surface area contributed by atoms with Crippen molar-refractivity contribution in [3.05, 3.63) is 67.8 Å². The summed E-state index contributed by atoms with van der Waals surface area (Å²) in [6, 6.07) is 3.42. The van der Waals surface area contributed by atoms with Crippen molar-refractivity contribution in [2.24, 2.45) is 0 Å². The van der Waals surface area contributed by atoms with E-state index in [1.165, 1.54) is 0 Å². The Kier molecular flexibility index (Phi) is 7.06. The van der Waals surface area contributed by atoms with Crippen LogP contribution in [0.5, 0.6) is 0 Å². The molecule has 10 nitrogen and oxygen atoms in total. The van der Waals surface area contributed by atoms with Crippen LogP contribution < -0.4 is 10.6 Å². The predicted molar refractivity (Wildman–Crippen MR) is 104 cm³/mol. The van der Waals surface area contributed by atoms with Crippen LogP contribution in [0.25, 0.3) is 0 Å². The topological polar surface area (TPSA) is 148 Å². The zero-order valence-electron chi connectivity index (χ0n) is 16.8. The first-order valence-corrected chi connectivity index (χ1v) is 8.92. The molecule has 1 amide bonds. The van der Waals surface area contributed by atoms with E-state index in [0.29, 0.717) is 18.2 Å². The third-order valence-corrected chi connectivity index (χ3v) is 4.38. The van der Waals surface area contributed by atoms with E-state index in [0.717, 1.165) is 19.1 Å². The quantitative estimate of drug-likeness (QED) is 0.293. The molecular weight excluding hydrogens is 482 g/mol. The highest BCUT2D eigenvalue weighted by Gasteiger charge is 2.40. The summed E-state index contributed by atoms with van der Waals surface area (Å²) in [5, 5.41) is 36.1. The minimum Gasteiger partial charge on any atom is -0.382 e. The number of anilines is 2. The summed E-state index contributed by atoms with van der Waals surface area (Å²) >= 11 is 0. The molecule has 0 saturated carbocycles. The number of amides is 1. The van der Waals surface area contributed by atoms with Crippen molar-refractivity contribution in [2.45, 2.75) is 24.9 Å². The highest BCUT2D eigenvalue weighted by molar-refractivity contribution is 5.97. The molecule has 0 aliphatic heterocycles. The monoisotopic (exact) mass is 496 g/mol. The summed E-state index contributed by atoms with van der Waals surface area (Å²) in [6.45, 7) is 0.133. The molecular formula is C18H14F6N4O6. The van der Waals surface area contributed by atoms with Crippen molar-refractivity contribution >= 4 is 28.7 Å². The Morgan fingerprint density at radius 2 is 1.29 bits per heavy atom. The number of benzene rings is 2. The fraction of sp³-hybridized carbons (Fsp3) is 0.278. The summed E-state index contributed by atoms with van der Waals surface area (Å²) in [5.74, 6) is -1.29. The van der Waals surface area contributed by atoms with Crippen LogP contribution in [0, 0.1) is 20.2 Å². The molecule has 0 radical (unpaired) electrons. The van der Waals surface area contributed by atoms with E-state index in [4.69, 9.17) is 0 Å². The number of nitro groups is 2. The molecule has 0 aliphatic carbocycles. The van der Waals surface area contributed by atoms with Crippen LogP contribution in [0.1, 0.15) is 18.1 Å². The minimum atomic E-state index is -5.13. The van der Waals surface area contributed by atoms with Crippen LogP contribution in [-0.2, 0) is 17.1 Å². The van der Waals surface area contributed by atoms with Gasteiger partial charge in [-0.25, -0.2) is 0 Å². The van der Waals surface area contributed by atoms with Crippen molar-refractivity contribution in [1.82, 2.24) is 0 Å². The van der Waals surface area contributed by atoms with E-state index >= 15 is 0 Å². The molecule has 34 heavy (non-hydrogen) atoms. The van der Waals surface area contributed by atoms with E-state index in [9.17, 15) is 56.5 Å². The van der Waals surface area contributed by atoms with Crippen molar-refractivity contribution in [1.29, 1.82) is 0 Å². The average molecular weight is 496 g/mol. The number of halogens is 6. The van der Waals surface area contributed by atoms with Gasteiger partial charge in [-0.05, 0) is 31.2 Å². The zero-order chi connectivity index (χ0) is 26.1. The van der Waals surface area contributed by atoms with Gasteiger partial charge in [-0.3, -0.25) is 25.0 Å². The Bertz CT molecular complexity index is 1130. The average Bonchev–Trinajstić information content (AvgIpc) is 2.70. The Morgan fingerprint density at radius 1 is 0.882 bits per heavy atom. The van der Waals surface area contributed by atoms with Gasteiger partial charge in [0.15, 0.2) is 5.60 Å². The second-order valence-corrected chi connectivity index (χ2v) is 7.06. The lowest BCUT2D eigenvalue weighted by Crippen LogP contribution is -2.45. The lowest BCUT2D eigenvalue weighted by molar-refractivity contribution is -0.388. The molecule has 0 bridgehead atoms. The second-order valence-electron chi connectivity index (χ2n) is 7.06. The Morgan fingerprint density at radius 3 is 1.71 bits per heavy atom. The smallest absolute Gasteiger partial charge is 0.382 e. The van der Waals surface area contributed by atoms with E-state index in [2.05, 4.69) is 5.32 Å². The Labute approximate surface area is 185 Å². The van der Waals surface area contributed by atoms with Gasteiger partial charge < -0.3 is 15.7 Å². The number of nitrogens with zero attached hydrogens (tertiary/aromatic N) is 2. The van der Waals surface area contributed by atoms with E-state index < -0.39 is 68.4 Å². The molecule has 0 aliphatic rings. The molecule has 1 unspecified atom stereocenters. The van der Waals surface area contributed by atoms with Gasteiger partial charge in [0.25, 0.3) is 17.3 Å². The van der Waals surface area contributed by atoms with Crippen molar-refractivity contribution < 1.29 is 46.1 Å². The normalized spacial score (nSPS) is 13.6. The van der Waals surface area contributed by atoms with Gasteiger partial charge in [-0.1, -0.05) is 0 Å². The number of rotatable bonds is 7. The summed E-state index contributed by atoms with van der Waals surface area (Å²) < 4.78 is 78.4. The summed E-state index contributed by atoms with van der Waals surface area (Å²) in [4.78, 5) is 31.4. The lowest BCUT2D eigenvalue weighted by Gasteiger charge is -2.24. The highest BCUT2D eigenvalue weighted by Crippen LogP contribution is 2.39. The van der Waals surface area contributed by atoms with Crippen LogP contribution in [-0.4, -0.2) is 33.0 Å². The maximum Gasteiger partial charge on any atom is 0.423 e. The van der Waals surface area contributed by atoms with Gasteiger partial charge in [0, 0.05) is 23.5 Å². The molecule has 2 aromatic rings. The van der Waals surface area contributed by atoms with Crippen molar-refractivity contribution in [2.75, 3.05) is 17.2 Å². The maximum atomic E-state index is 13.1. The number of hydrogen-bond donors (Lipinski definition) is 3. The zero-order valence-corrected chi connectivity index (χ0v) is 16.8. The Balaban J connectivity index is 2.21. The van der Waals surface area contributed by atoms with Gasteiger partial charge in [0.1, 0.15) is 11.1 Å². The highest BCUT2D eigenvalue weighted by atomic mass is 19.4. The lowest BCUT2D eigenvalue weighted by atomic mass is 10.0. The molecule has 3 N–H and O–H groups in total. The standard InChI is InChI=1S/C18H14F6N4O6/c1-16(30,8-25-9-2-4-13(27(31)32)11(6-9)17(19,20)21)15(29)26-10-3-5-14(28(33)34)12(7-10)18(22,23)24/h2-7,25,30H,8H2,1H3,(H,26,29). The summed E-state index contributed by atoms with van der Waals surface area (Å²) in [5.41, 5.74) is -9.02. The van der Waals surface area contributed by atoms with E-state index in [-0.39, 0.29) is 11.8 Å². The van der Waals surface area contributed by atoms with Crippen molar-refractivity contribution in [3.8, 4) is 0 Å². The van der Waals surface area contributed by atoms with Gasteiger partial charge >= 0.3 is 12.4 Å². The number of nitrogens with one attached hydrogen (secondary N) is 2. The summed E-state index contributed by atoms with van der Waals surface area (Å²) in [7, 11) is 0. The first-order valence-electron chi connectivity index (χ1n) is 8.92. The molecule has 0 saturated heterocycles. The minimum absolute atomic E-state index is 0.283. The first-order chi connectivity index (χ1) is 15.4. The predicted octanol–water partition coefficient (Wildman–Crippen LogP) is 4.34. The summed E-state index contributed by atoms with van der Waals surface area (Å²) in [6.07, 6.45) is -10.2. The van der Waals surface area contributed by atoms with Crippen LogP contribution in [0.2, 0.25) is 0 Å². The SMILES string of the molecule is CC(O)(CNc1ccc([N+](=O)[O-])c(C(F)(F)F)c1)C(=O)Nc1ccc([N+](=O)[O-])c(C(F)(F)F)c1. The second kappa shape index (κ2) is 9.12. The number of carbonyl (C=O) groups is 1. The van der Waals surface area contributed by atoms with E-state index in [1.807, 2.05) is 5.32 Å². The molecule has 0 aromatic heterocycles. The molecule has 1 atom stereocenters. The van der Waals surface area contributed by atoms with Crippen LogP contribution in [0.3, 0.4) is 0 Å². The molecule has 2 rings (SSSR count). The van der Waals surface area contributed by atoms with Gasteiger partial charge in [-0.2, -0.15) is 26.3 Å². The fourth-order valence-corrected chi connectivity index (χ4v) is 2.65. The van der Waals surface area contributed by atoms with Crippen LogP contribution in [0.4, 0.5) is 49.1 Å². The maximum absolute atomic E-state index is 13.1. The number of alkyl halides is 6. The molecule has 0 heterocycles. The number of carbonyl (C=O) groups excluding carboxylic acids is 1. The number of aliphatic hydroxyl groups is 1. The van der Waals surface area contributed by atoms with Crippen molar-refractivity contribution in [3.63, 3.8) is 0 Å². The first kappa shape index (κ1) is 26.3. The van der Waals surface area contributed by atoms with Gasteiger partial charge in [0.05, 0.1) is 16.4 Å². The molecule has 2 aromatic carbocycles. The largest absolute Gasteiger partial charge is 0.423 e. The molecule has 184 valence electrons. The molecule has 0 fully saturated rings. The number of nitro benzene ring substituents is 2. The third kappa shape index (κ3) is 6.09. The third-order valence-electron chi connectivity index (χ3n) is 4.38. The Hall–Kier alpha value is -3.95.